The van der Waals surface area contributed by atoms with Gasteiger partial charge in [0.25, 0.3) is 11.8 Å². The zero-order chi connectivity index (χ0) is 21.6. The van der Waals surface area contributed by atoms with E-state index < -0.39 is 21.8 Å². The molecule has 3 N–H and O–H groups in total. The fraction of sp³-hybridized carbons (Fsp3) is 0.263. The van der Waals surface area contributed by atoms with Gasteiger partial charge >= 0.3 is 0 Å². The lowest BCUT2D eigenvalue weighted by molar-refractivity contribution is -0.123. The Bertz CT molecular complexity index is 1020. The van der Waals surface area contributed by atoms with Crippen LogP contribution in [0.15, 0.2) is 41.3 Å². The smallest absolute Gasteiger partial charge is 0.276 e. The topological polar surface area (TPSA) is 123 Å². The number of carbonyl (C=O) groups excluding carboxylic acids is 2. The van der Waals surface area contributed by atoms with Crippen molar-refractivity contribution in [3.8, 4) is 11.5 Å². The Morgan fingerprint density at radius 2 is 1.72 bits per heavy atom. The van der Waals surface area contributed by atoms with Crippen LogP contribution in [0.3, 0.4) is 0 Å². The number of amides is 2. The second kappa shape index (κ2) is 9.39. The normalized spacial score (nSPS) is 10.9. The van der Waals surface area contributed by atoms with Crippen molar-refractivity contribution in [2.24, 2.45) is 0 Å². The van der Waals surface area contributed by atoms with Gasteiger partial charge in [-0.1, -0.05) is 6.07 Å². The highest BCUT2D eigenvalue weighted by atomic mass is 32.2. The maximum atomic E-state index is 12.2. The number of rotatable bonds is 7. The van der Waals surface area contributed by atoms with Gasteiger partial charge in [0.05, 0.1) is 7.11 Å². The molecule has 10 heteroatoms. The van der Waals surface area contributed by atoms with Crippen LogP contribution >= 0.6 is 0 Å². The Balaban J connectivity index is 1.98. The molecule has 0 aliphatic rings. The molecule has 2 aromatic carbocycles. The molecule has 0 saturated carbocycles. The van der Waals surface area contributed by atoms with Gasteiger partial charge in [0.2, 0.25) is 10.0 Å². The van der Waals surface area contributed by atoms with Gasteiger partial charge in [-0.3, -0.25) is 20.4 Å². The predicted molar refractivity (Wildman–Crippen MR) is 106 cm³/mol. The largest absolute Gasteiger partial charge is 0.495 e. The lowest BCUT2D eigenvalue weighted by atomic mass is 10.1. The Hall–Kier alpha value is -3.11. The van der Waals surface area contributed by atoms with Crippen LogP contribution in [0.25, 0.3) is 0 Å². The minimum Gasteiger partial charge on any atom is -0.495 e. The average molecular weight is 421 g/mol. The van der Waals surface area contributed by atoms with Crippen LogP contribution in [-0.4, -0.2) is 41.0 Å². The molecule has 0 aromatic heterocycles. The van der Waals surface area contributed by atoms with Crippen molar-refractivity contribution >= 4 is 21.8 Å². The molecule has 0 aliphatic carbocycles. The summed E-state index contributed by atoms with van der Waals surface area (Å²) in [6, 6.07) is 9.31. The van der Waals surface area contributed by atoms with Gasteiger partial charge < -0.3 is 9.47 Å². The number of benzene rings is 2. The van der Waals surface area contributed by atoms with Crippen LogP contribution in [0.1, 0.15) is 21.5 Å². The van der Waals surface area contributed by atoms with Crippen molar-refractivity contribution in [2.45, 2.75) is 18.7 Å². The van der Waals surface area contributed by atoms with Gasteiger partial charge in [-0.25, -0.2) is 13.1 Å². The zero-order valence-corrected chi connectivity index (χ0v) is 17.3. The van der Waals surface area contributed by atoms with Crippen molar-refractivity contribution in [3.63, 3.8) is 0 Å². The minimum absolute atomic E-state index is 0.0232. The molecule has 29 heavy (non-hydrogen) atoms. The fourth-order valence-corrected chi connectivity index (χ4v) is 3.24. The minimum atomic E-state index is -3.84. The Labute approximate surface area is 169 Å². The summed E-state index contributed by atoms with van der Waals surface area (Å²) < 4.78 is 36.7. The standard InChI is InChI=1S/C19H23N3O6S/c1-12-5-7-15(9-13(12)2)28-11-18(23)21-22-19(24)14-6-8-16(27-4)17(10-14)29(25,26)20-3/h5-10,20H,11H2,1-4H3,(H,21,23)(H,22,24). The van der Waals surface area contributed by atoms with E-state index in [1.807, 2.05) is 26.0 Å². The number of carbonyl (C=O) groups is 2. The van der Waals surface area contributed by atoms with Gasteiger partial charge in [-0.05, 0) is 62.4 Å². The van der Waals surface area contributed by atoms with E-state index in [-0.39, 0.29) is 22.8 Å². The molecule has 2 rings (SSSR count). The van der Waals surface area contributed by atoms with E-state index in [1.165, 1.54) is 26.3 Å². The fourth-order valence-electron chi connectivity index (χ4n) is 2.33. The first-order chi connectivity index (χ1) is 13.7. The lowest BCUT2D eigenvalue weighted by Crippen LogP contribution is -2.43. The first kappa shape index (κ1) is 22.2. The number of methoxy groups -OCH3 is 1. The molecule has 0 aliphatic heterocycles. The van der Waals surface area contributed by atoms with Crippen molar-refractivity contribution in [1.29, 1.82) is 0 Å². The highest BCUT2D eigenvalue weighted by Gasteiger charge is 2.20. The van der Waals surface area contributed by atoms with E-state index in [4.69, 9.17) is 9.47 Å². The summed E-state index contributed by atoms with van der Waals surface area (Å²) in [6.45, 7) is 3.60. The summed E-state index contributed by atoms with van der Waals surface area (Å²) in [4.78, 5) is 24.0. The van der Waals surface area contributed by atoms with Crippen LogP contribution in [0, 0.1) is 13.8 Å². The maximum absolute atomic E-state index is 12.2. The van der Waals surface area contributed by atoms with Crippen LogP contribution in [0.5, 0.6) is 11.5 Å². The third-order valence-corrected chi connectivity index (χ3v) is 5.58. The van der Waals surface area contributed by atoms with Crippen LogP contribution < -0.4 is 25.0 Å². The number of sulfonamides is 1. The van der Waals surface area contributed by atoms with Crippen LogP contribution in [0.2, 0.25) is 0 Å². The SMILES string of the molecule is CNS(=O)(=O)c1cc(C(=O)NNC(=O)COc2ccc(C)c(C)c2)ccc1OC. The van der Waals surface area contributed by atoms with E-state index in [2.05, 4.69) is 15.6 Å². The predicted octanol–water partition coefficient (Wildman–Crippen LogP) is 1.06. The molecule has 0 atom stereocenters. The van der Waals surface area contributed by atoms with E-state index >= 15 is 0 Å². The molecule has 0 fully saturated rings. The van der Waals surface area contributed by atoms with Gasteiger partial charge in [0.1, 0.15) is 16.4 Å². The summed E-state index contributed by atoms with van der Waals surface area (Å²) in [5, 5.41) is 0. The summed E-state index contributed by atoms with van der Waals surface area (Å²) in [5.41, 5.74) is 6.59. The molecular weight excluding hydrogens is 398 g/mol. The summed E-state index contributed by atoms with van der Waals surface area (Å²) in [7, 11) is -1.27. The number of hydrazine groups is 1. The van der Waals surface area contributed by atoms with Gasteiger partial charge in [-0.2, -0.15) is 0 Å². The van der Waals surface area contributed by atoms with Gasteiger partial charge in [0.15, 0.2) is 6.61 Å². The number of ether oxygens (including phenoxy) is 2. The molecule has 0 saturated heterocycles. The quantitative estimate of drug-likeness (QED) is 0.575. The second-order valence-electron chi connectivity index (χ2n) is 6.11. The summed E-state index contributed by atoms with van der Waals surface area (Å²) in [5.74, 6) is -0.652. The van der Waals surface area contributed by atoms with Crippen molar-refractivity contribution in [3.05, 3.63) is 53.1 Å². The molecule has 0 spiro atoms. The monoisotopic (exact) mass is 421 g/mol. The zero-order valence-electron chi connectivity index (χ0n) is 16.5. The Morgan fingerprint density at radius 3 is 2.34 bits per heavy atom. The van der Waals surface area contributed by atoms with Crippen molar-refractivity contribution in [1.82, 2.24) is 15.6 Å². The van der Waals surface area contributed by atoms with Crippen LogP contribution in [-0.2, 0) is 14.8 Å². The highest BCUT2D eigenvalue weighted by Crippen LogP contribution is 2.24. The molecule has 9 nitrogen and oxygen atoms in total. The number of aryl methyl sites for hydroxylation is 2. The summed E-state index contributed by atoms with van der Waals surface area (Å²) >= 11 is 0. The number of hydrogen-bond donors (Lipinski definition) is 3. The molecular formula is C19H23N3O6S. The van der Waals surface area contributed by atoms with Crippen LogP contribution in [0.4, 0.5) is 0 Å². The average Bonchev–Trinajstić information content (AvgIpc) is 2.72. The van der Waals surface area contributed by atoms with E-state index in [0.717, 1.165) is 17.2 Å². The first-order valence-corrected chi connectivity index (χ1v) is 10.1. The molecule has 0 bridgehead atoms. The highest BCUT2D eigenvalue weighted by molar-refractivity contribution is 7.89. The molecule has 0 radical (unpaired) electrons. The van der Waals surface area contributed by atoms with Gasteiger partial charge in [0, 0.05) is 5.56 Å². The molecule has 0 heterocycles. The lowest BCUT2D eigenvalue weighted by Gasteiger charge is -2.12. The van der Waals surface area contributed by atoms with E-state index in [0.29, 0.717) is 5.75 Å². The number of hydrogen-bond acceptors (Lipinski definition) is 6. The first-order valence-electron chi connectivity index (χ1n) is 8.58. The van der Waals surface area contributed by atoms with Crippen molar-refractivity contribution < 1.29 is 27.5 Å². The maximum Gasteiger partial charge on any atom is 0.276 e. The third-order valence-electron chi connectivity index (χ3n) is 4.15. The van der Waals surface area contributed by atoms with E-state index in [1.54, 1.807) is 6.07 Å². The molecule has 2 aromatic rings. The molecule has 156 valence electrons. The molecule has 2 amide bonds. The second-order valence-corrected chi connectivity index (χ2v) is 7.97. The van der Waals surface area contributed by atoms with Gasteiger partial charge in [-0.15, -0.1) is 0 Å². The number of nitrogens with one attached hydrogen (secondary N) is 3. The van der Waals surface area contributed by atoms with Crippen molar-refractivity contribution in [2.75, 3.05) is 20.8 Å². The third kappa shape index (κ3) is 5.69. The molecule has 0 unspecified atom stereocenters. The summed E-state index contributed by atoms with van der Waals surface area (Å²) in [6.07, 6.45) is 0. The van der Waals surface area contributed by atoms with E-state index in [9.17, 15) is 18.0 Å². The Kier molecular flexibility index (Phi) is 7.18. The Morgan fingerprint density at radius 1 is 1.00 bits per heavy atom.